The van der Waals surface area contributed by atoms with Gasteiger partial charge < -0.3 is 9.47 Å². The number of carbonyl (C=O) groups excluding carboxylic acids is 2. The fourth-order valence-corrected chi connectivity index (χ4v) is 6.31. The van der Waals surface area contributed by atoms with Crippen molar-refractivity contribution in [2.75, 3.05) is 14.2 Å². The highest BCUT2D eigenvalue weighted by molar-refractivity contribution is 5.97. The lowest BCUT2D eigenvalue weighted by Gasteiger charge is -2.59. The highest BCUT2D eigenvalue weighted by Crippen LogP contribution is 2.71. The molecule has 0 bridgehead atoms. The van der Waals surface area contributed by atoms with Crippen LogP contribution in [0, 0.1) is 10.8 Å². The van der Waals surface area contributed by atoms with E-state index >= 15 is 0 Å². The molecule has 4 heteroatoms. The molecule has 1 spiro atoms. The molecular weight excluding hydrogens is 316 g/mol. The molecule has 3 aliphatic carbocycles. The molecule has 1 aromatic carbocycles. The van der Waals surface area contributed by atoms with Gasteiger partial charge in [-0.15, -0.1) is 0 Å². The minimum absolute atomic E-state index is 0.278. The van der Waals surface area contributed by atoms with E-state index in [9.17, 15) is 9.59 Å². The third kappa shape index (κ3) is 1.68. The van der Waals surface area contributed by atoms with Gasteiger partial charge >= 0.3 is 0 Å². The molecule has 4 nitrogen and oxygen atoms in total. The molecule has 3 atom stereocenters. The largest absolute Gasteiger partial charge is 0.496 e. The Hall–Kier alpha value is -1.84. The number of hydrogen-bond donors (Lipinski definition) is 0. The minimum Gasteiger partial charge on any atom is -0.496 e. The number of ketones is 2. The van der Waals surface area contributed by atoms with Crippen molar-refractivity contribution in [2.24, 2.45) is 10.8 Å². The Morgan fingerprint density at radius 2 is 1.52 bits per heavy atom. The maximum absolute atomic E-state index is 13.2. The fraction of sp³-hybridized carbons (Fsp3) is 0.619. The molecule has 0 radical (unpaired) electrons. The van der Waals surface area contributed by atoms with Crippen LogP contribution in [0.5, 0.6) is 11.5 Å². The number of methoxy groups -OCH3 is 2. The molecule has 1 aromatic rings. The quantitative estimate of drug-likeness (QED) is 0.824. The van der Waals surface area contributed by atoms with Gasteiger partial charge in [0.25, 0.3) is 0 Å². The Labute approximate surface area is 148 Å². The Morgan fingerprint density at radius 3 is 2.20 bits per heavy atom. The van der Waals surface area contributed by atoms with Crippen LogP contribution in [0.1, 0.15) is 57.1 Å². The van der Waals surface area contributed by atoms with Crippen molar-refractivity contribution in [1.29, 1.82) is 0 Å². The second kappa shape index (κ2) is 5.09. The summed E-state index contributed by atoms with van der Waals surface area (Å²) in [6.07, 6.45) is 4.05. The minimum atomic E-state index is -0.569. The summed E-state index contributed by atoms with van der Waals surface area (Å²) in [4.78, 5) is 26.3. The SMILES string of the molecule is COc1ccc(OC)c2c1CC1(C)C(=O)CCC3(C)C(=O)CCCC231. The summed E-state index contributed by atoms with van der Waals surface area (Å²) in [5.74, 6) is 2.17. The molecule has 4 rings (SSSR count). The normalized spacial score (nSPS) is 36.5. The van der Waals surface area contributed by atoms with E-state index in [1.54, 1.807) is 14.2 Å². The second-order valence-electron chi connectivity index (χ2n) is 8.27. The van der Waals surface area contributed by atoms with Crippen LogP contribution in [0.4, 0.5) is 0 Å². The van der Waals surface area contributed by atoms with Gasteiger partial charge in [0.1, 0.15) is 23.1 Å². The monoisotopic (exact) mass is 342 g/mol. The van der Waals surface area contributed by atoms with Gasteiger partial charge in [0.05, 0.1) is 14.2 Å². The molecule has 0 amide bonds. The first-order valence-electron chi connectivity index (χ1n) is 9.16. The first-order chi connectivity index (χ1) is 11.9. The summed E-state index contributed by atoms with van der Waals surface area (Å²) in [6.45, 7) is 4.16. The predicted octanol–water partition coefficient (Wildman–Crippen LogP) is 3.63. The summed E-state index contributed by atoms with van der Waals surface area (Å²) in [7, 11) is 3.33. The Bertz CT molecular complexity index is 782. The Morgan fingerprint density at radius 1 is 0.880 bits per heavy atom. The smallest absolute Gasteiger partial charge is 0.140 e. The molecular formula is C21H26O4. The maximum Gasteiger partial charge on any atom is 0.140 e. The Kier molecular flexibility index (Phi) is 3.38. The van der Waals surface area contributed by atoms with Gasteiger partial charge in [0.2, 0.25) is 0 Å². The van der Waals surface area contributed by atoms with E-state index in [0.29, 0.717) is 31.5 Å². The van der Waals surface area contributed by atoms with Crippen molar-refractivity contribution in [3.8, 4) is 11.5 Å². The predicted molar refractivity (Wildman–Crippen MR) is 94.2 cm³/mol. The summed E-state index contributed by atoms with van der Waals surface area (Å²) in [6, 6.07) is 3.85. The zero-order chi connectivity index (χ0) is 18.0. The van der Waals surface area contributed by atoms with Crippen LogP contribution in [0.15, 0.2) is 12.1 Å². The van der Waals surface area contributed by atoms with Gasteiger partial charge in [0.15, 0.2) is 0 Å². The van der Waals surface area contributed by atoms with Crippen molar-refractivity contribution >= 4 is 11.6 Å². The molecule has 0 N–H and O–H groups in total. The third-order valence-electron chi connectivity index (χ3n) is 7.55. The molecule has 134 valence electrons. The summed E-state index contributed by atoms with van der Waals surface area (Å²) < 4.78 is 11.4. The molecule has 0 saturated heterocycles. The highest BCUT2D eigenvalue weighted by Gasteiger charge is 2.72. The fourth-order valence-electron chi connectivity index (χ4n) is 6.31. The van der Waals surface area contributed by atoms with Crippen LogP contribution in [0.25, 0.3) is 0 Å². The van der Waals surface area contributed by atoms with Gasteiger partial charge in [-0.25, -0.2) is 0 Å². The van der Waals surface area contributed by atoms with Gasteiger partial charge in [-0.3, -0.25) is 9.59 Å². The summed E-state index contributed by atoms with van der Waals surface area (Å²) in [5.41, 5.74) is 0.542. The number of rotatable bonds is 2. The van der Waals surface area contributed by atoms with Crippen LogP contribution in [0.3, 0.4) is 0 Å². The summed E-state index contributed by atoms with van der Waals surface area (Å²) >= 11 is 0. The maximum atomic E-state index is 13.2. The zero-order valence-corrected chi connectivity index (χ0v) is 15.5. The Balaban J connectivity index is 2.11. The molecule has 3 unspecified atom stereocenters. The van der Waals surface area contributed by atoms with Crippen molar-refractivity contribution in [2.45, 2.75) is 57.8 Å². The van der Waals surface area contributed by atoms with Crippen LogP contribution < -0.4 is 9.47 Å². The van der Waals surface area contributed by atoms with Crippen LogP contribution in [0.2, 0.25) is 0 Å². The lowest BCUT2D eigenvalue weighted by atomic mass is 9.41. The number of carbonyl (C=O) groups is 2. The van der Waals surface area contributed by atoms with Crippen molar-refractivity contribution in [3.05, 3.63) is 23.3 Å². The van der Waals surface area contributed by atoms with E-state index < -0.39 is 16.2 Å². The molecule has 0 aliphatic heterocycles. The van der Waals surface area contributed by atoms with Crippen molar-refractivity contribution < 1.29 is 19.1 Å². The first kappa shape index (κ1) is 16.6. The molecule has 2 saturated carbocycles. The van der Waals surface area contributed by atoms with Gasteiger partial charge in [-0.2, -0.15) is 0 Å². The second-order valence-corrected chi connectivity index (χ2v) is 8.27. The molecule has 2 fully saturated rings. The zero-order valence-electron chi connectivity index (χ0n) is 15.5. The third-order valence-corrected chi connectivity index (χ3v) is 7.55. The topological polar surface area (TPSA) is 52.6 Å². The van der Waals surface area contributed by atoms with E-state index in [4.69, 9.17) is 9.47 Å². The number of ether oxygens (including phenoxy) is 2. The molecule has 0 heterocycles. The average Bonchev–Trinajstić information content (AvgIpc) is 2.88. The van der Waals surface area contributed by atoms with E-state index in [-0.39, 0.29) is 5.78 Å². The molecule has 0 aromatic heterocycles. The lowest BCUT2D eigenvalue weighted by Crippen LogP contribution is -2.64. The number of Topliss-reactive ketones (excluding diaryl/α,β-unsaturated/α-hetero) is 2. The number of benzene rings is 1. The van der Waals surface area contributed by atoms with E-state index in [0.717, 1.165) is 35.5 Å². The summed E-state index contributed by atoms with van der Waals surface area (Å²) in [5, 5.41) is 0. The molecule has 3 aliphatic rings. The van der Waals surface area contributed by atoms with E-state index in [2.05, 4.69) is 13.8 Å². The van der Waals surface area contributed by atoms with Crippen molar-refractivity contribution in [3.63, 3.8) is 0 Å². The van der Waals surface area contributed by atoms with E-state index in [1.165, 1.54) is 0 Å². The molecule has 25 heavy (non-hydrogen) atoms. The van der Waals surface area contributed by atoms with Gasteiger partial charge in [0, 0.05) is 40.2 Å². The lowest BCUT2D eigenvalue weighted by molar-refractivity contribution is -0.158. The van der Waals surface area contributed by atoms with E-state index in [1.807, 2.05) is 12.1 Å². The number of hydrogen-bond acceptors (Lipinski definition) is 4. The first-order valence-corrected chi connectivity index (χ1v) is 9.16. The van der Waals surface area contributed by atoms with Crippen LogP contribution in [-0.4, -0.2) is 25.8 Å². The highest BCUT2D eigenvalue weighted by atomic mass is 16.5. The average molecular weight is 342 g/mol. The van der Waals surface area contributed by atoms with Crippen LogP contribution in [-0.2, 0) is 21.4 Å². The van der Waals surface area contributed by atoms with Gasteiger partial charge in [-0.05, 0) is 37.8 Å². The standard InChI is InChI=1S/C21H26O4/c1-19-11-9-17(23)20(2)12-13-14(24-3)7-8-15(25-4)18(13)21(19,20)10-5-6-16(19)22/h7-8H,5-6,9-12H2,1-4H3. The van der Waals surface area contributed by atoms with Gasteiger partial charge in [-0.1, -0.05) is 13.8 Å². The number of fused-ring (bicyclic) bond motifs is 1. The van der Waals surface area contributed by atoms with Crippen LogP contribution >= 0.6 is 0 Å². The van der Waals surface area contributed by atoms with Crippen molar-refractivity contribution in [1.82, 2.24) is 0 Å².